The fourth-order valence-corrected chi connectivity index (χ4v) is 2.35. The highest BCUT2D eigenvalue weighted by molar-refractivity contribution is 5.46. The molecule has 2 unspecified atom stereocenters. The van der Waals surface area contributed by atoms with E-state index in [1.165, 1.54) is 24.1 Å². The Bertz CT molecular complexity index is 329. The summed E-state index contributed by atoms with van der Waals surface area (Å²) in [6, 6.07) is 9.52. The zero-order chi connectivity index (χ0) is 11.5. The molecular formula is C14H22N2. The Balaban J connectivity index is 1.99. The maximum Gasteiger partial charge on any atom is 0.0412 e. The van der Waals surface area contributed by atoms with Gasteiger partial charge in [0.1, 0.15) is 0 Å². The lowest BCUT2D eigenvalue weighted by atomic mass is 10.0. The molecule has 1 aromatic carbocycles. The molecule has 0 radical (unpaired) electrons. The molecule has 2 rings (SSSR count). The standard InChI is InChI=1S/C14H22N2/c1-10(2)11-6-8-12(9-7-11)16-14-5-3-4-13(14)15/h6-10,13-14,16H,3-5,15H2,1-2H3. The van der Waals surface area contributed by atoms with Gasteiger partial charge in [-0.3, -0.25) is 0 Å². The zero-order valence-electron chi connectivity index (χ0n) is 10.2. The van der Waals surface area contributed by atoms with Crippen LogP contribution in [0, 0.1) is 0 Å². The van der Waals surface area contributed by atoms with Crippen molar-refractivity contribution in [2.75, 3.05) is 5.32 Å². The molecule has 1 aliphatic rings. The minimum Gasteiger partial charge on any atom is -0.381 e. The molecule has 1 aliphatic carbocycles. The molecule has 0 heterocycles. The molecule has 88 valence electrons. The summed E-state index contributed by atoms with van der Waals surface area (Å²) in [6.07, 6.45) is 3.61. The Morgan fingerprint density at radius 1 is 1.19 bits per heavy atom. The molecule has 1 saturated carbocycles. The van der Waals surface area contributed by atoms with Crippen molar-refractivity contribution in [3.63, 3.8) is 0 Å². The maximum atomic E-state index is 6.04. The molecular weight excluding hydrogens is 196 g/mol. The van der Waals surface area contributed by atoms with Gasteiger partial charge in [-0.05, 0) is 42.9 Å². The first-order valence-corrected chi connectivity index (χ1v) is 6.29. The van der Waals surface area contributed by atoms with E-state index >= 15 is 0 Å². The summed E-state index contributed by atoms with van der Waals surface area (Å²) in [4.78, 5) is 0. The van der Waals surface area contributed by atoms with Crippen LogP contribution in [0.1, 0.15) is 44.6 Å². The third-order valence-electron chi connectivity index (χ3n) is 3.50. The minimum atomic E-state index is 0.324. The fraction of sp³-hybridized carbons (Fsp3) is 0.571. The predicted molar refractivity (Wildman–Crippen MR) is 69.8 cm³/mol. The van der Waals surface area contributed by atoms with Gasteiger partial charge >= 0.3 is 0 Å². The van der Waals surface area contributed by atoms with Crippen molar-refractivity contribution in [1.82, 2.24) is 0 Å². The second-order valence-corrected chi connectivity index (χ2v) is 5.12. The highest BCUT2D eigenvalue weighted by Crippen LogP contribution is 2.23. The largest absolute Gasteiger partial charge is 0.381 e. The lowest BCUT2D eigenvalue weighted by Gasteiger charge is -2.19. The molecule has 2 atom stereocenters. The Labute approximate surface area is 98.2 Å². The van der Waals surface area contributed by atoms with Crippen LogP contribution >= 0.6 is 0 Å². The fourth-order valence-electron chi connectivity index (χ4n) is 2.35. The Hall–Kier alpha value is -1.02. The van der Waals surface area contributed by atoms with E-state index in [9.17, 15) is 0 Å². The molecule has 16 heavy (non-hydrogen) atoms. The number of hydrogen-bond donors (Lipinski definition) is 2. The van der Waals surface area contributed by atoms with Crippen LogP contribution in [0.3, 0.4) is 0 Å². The van der Waals surface area contributed by atoms with Crippen molar-refractivity contribution < 1.29 is 0 Å². The van der Waals surface area contributed by atoms with Gasteiger partial charge in [0.05, 0.1) is 0 Å². The van der Waals surface area contributed by atoms with Gasteiger partial charge in [-0.15, -0.1) is 0 Å². The van der Waals surface area contributed by atoms with Crippen LogP contribution in [0.25, 0.3) is 0 Å². The predicted octanol–water partition coefficient (Wildman–Crippen LogP) is 3.10. The molecule has 0 amide bonds. The zero-order valence-corrected chi connectivity index (χ0v) is 10.2. The quantitative estimate of drug-likeness (QED) is 0.818. The lowest BCUT2D eigenvalue weighted by Crippen LogP contribution is -2.35. The minimum absolute atomic E-state index is 0.324. The van der Waals surface area contributed by atoms with E-state index in [0.29, 0.717) is 18.0 Å². The van der Waals surface area contributed by atoms with Crippen molar-refractivity contribution in [3.05, 3.63) is 29.8 Å². The topological polar surface area (TPSA) is 38.0 Å². The highest BCUT2D eigenvalue weighted by atomic mass is 15.0. The van der Waals surface area contributed by atoms with Gasteiger partial charge in [-0.1, -0.05) is 26.0 Å². The average Bonchev–Trinajstić information content (AvgIpc) is 2.65. The van der Waals surface area contributed by atoms with Crippen molar-refractivity contribution in [3.8, 4) is 0 Å². The highest BCUT2D eigenvalue weighted by Gasteiger charge is 2.23. The first-order chi connectivity index (χ1) is 7.66. The first-order valence-electron chi connectivity index (χ1n) is 6.29. The molecule has 1 fully saturated rings. The van der Waals surface area contributed by atoms with E-state index < -0.39 is 0 Å². The summed E-state index contributed by atoms with van der Waals surface area (Å²) in [5.74, 6) is 0.600. The number of anilines is 1. The smallest absolute Gasteiger partial charge is 0.0412 e. The Morgan fingerprint density at radius 2 is 1.88 bits per heavy atom. The van der Waals surface area contributed by atoms with E-state index in [1.807, 2.05) is 0 Å². The second kappa shape index (κ2) is 4.88. The van der Waals surface area contributed by atoms with Crippen LogP contribution in [-0.4, -0.2) is 12.1 Å². The molecule has 0 aromatic heterocycles. The van der Waals surface area contributed by atoms with Crippen LogP contribution in [0.5, 0.6) is 0 Å². The number of hydrogen-bond acceptors (Lipinski definition) is 2. The monoisotopic (exact) mass is 218 g/mol. The molecule has 2 nitrogen and oxygen atoms in total. The summed E-state index contributed by atoms with van der Waals surface area (Å²) in [5, 5.41) is 3.53. The van der Waals surface area contributed by atoms with E-state index in [1.54, 1.807) is 0 Å². The molecule has 3 N–H and O–H groups in total. The lowest BCUT2D eigenvalue weighted by molar-refractivity contribution is 0.638. The summed E-state index contributed by atoms with van der Waals surface area (Å²) < 4.78 is 0. The van der Waals surface area contributed by atoms with E-state index in [4.69, 9.17) is 5.73 Å². The van der Waals surface area contributed by atoms with E-state index in [2.05, 4.69) is 43.4 Å². The molecule has 0 bridgehead atoms. The summed E-state index contributed by atoms with van der Waals surface area (Å²) in [6.45, 7) is 4.44. The van der Waals surface area contributed by atoms with Gasteiger partial charge in [-0.25, -0.2) is 0 Å². The first kappa shape index (κ1) is 11.5. The second-order valence-electron chi connectivity index (χ2n) is 5.12. The molecule has 0 saturated heterocycles. The maximum absolute atomic E-state index is 6.04. The van der Waals surface area contributed by atoms with Crippen molar-refractivity contribution in [2.45, 2.75) is 51.1 Å². The molecule has 1 aromatic rings. The van der Waals surface area contributed by atoms with Crippen LogP contribution in [0.2, 0.25) is 0 Å². The Kier molecular flexibility index (Phi) is 3.49. The summed E-state index contributed by atoms with van der Waals surface area (Å²) >= 11 is 0. The average molecular weight is 218 g/mol. The van der Waals surface area contributed by atoms with Crippen molar-refractivity contribution >= 4 is 5.69 Å². The van der Waals surface area contributed by atoms with Gasteiger partial charge in [0.15, 0.2) is 0 Å². The van der Waals surface area contributed by atoms with Crippen LogP contribution in [0.4, 0.5) is 5.69 Å². The summed E-state index contributed by atoms with van der Waals surface area (Å²) in [5.41, 5.74) is 8.63. The van der Waals surface area contributed by atoms with E-state index in [0.717, 1.165) is 6.42 Å². The third kappa shape index (κ3) is 2.56. The molecule has 0 spiro atoms. The number of rotatable bonds is 3. The van der Waals surface area contributed by atoms with Crippen LogP contribution in [-0.2, 0) is 0 Å². The number of nitrogens with one attached hydrogen (secondary N) is 1. The van der Waals surface area contributed by atoms with Gasteiger partial charge < -0.3 is 11.1 Å². The van der Waals surface area contributed by atoms with Gasteiger partial charge in [-0.2, -0.15) is 0 Å². The number of nitrogens with two attached hydrogens (primary N) is 1. The Morgan fingerprint density at radius 3 is 2.38 bits per heavy atom. The van der Waals surface area contributed by atoms with Gasteiger partial charge in [0.2, 0.25) is 0 Å². The van der Waals surface area contributed by atoms with Gasteiger partial charge in [0.25, 0.3) is 0 Å². The van der Waals surface area contributed by atoms with Gasteiger partial charge in [0, 0.05) is 17.8 Å². The van der Waals surface area contributed by atoms with Crippen LogP contribution < -0.4 is 11.1 Å². The molecule has 2 heteroatoms. The number of benzene rings is 1. The van der Waals surface area contributed by atoms with Crippen LogP contribution in [0.15, 0.2) is 24.3 Å². The normalized spacial score (nSPS) is 25.0. The van der Waals surface area contributed by atoms with E-state index in [-0.39, 0.29) is 0 Å². The summed E-state index contributed by atoms with van der Waals surface area (Å²) in [7, 11) is 0. The van der Waals surface area contributed by atoms with Crippen molar-refractivity contribution in [2.24, 2.45) is 5.73 Å². The SMILES string of the molecule is CC(C)c1ccc(NC2CCCC2N)cc1. The van der Waals surface area contributed by atoms with Crippen molar-refractivity contribution in [1.29, 1.82) is 0 Å². The molecule has 0 aliphatic heterocycles. The third-order valence-corrected chi connectivity index (χ3v) is 3.50.